The van der Waals surface area contributed by atoms with Crippen molar-refractivity contribution in [1.82, 2.24) is 18.5 Å². The van der Waals surface area contributed by atoms with Crippen LogP contribution in [0.3, 0.4) is 0 Å². The molecule has 0 saturated heterocycles. The number of hydrogen-bond acceptors (Lipinski definition) is 5. The van der Waals surface area contributed by atoms with Crippen LogP contribution in [0.25, 0.3) is 11.3 Å². The van der Waals surface area contributed by atoms with Crippen LogP contribution < -0.4 is 5.73 Å². The Balaban J connectivity index is 2.50. The molecule has 0 spiro atoms. The maximum atomic E-state index is 5.58. The summed E-state index contributed by atoms with van der Waals surface area (Å²) in [5.74, 6) is 0.466. The molecule has 2 N–H and O–H groups in total. The van der Waals surface area contributed by atoms with E-state index in [1.165, 1.54) is 0 Å². The first kappa shape index (κ1) is 7.23. The molecule has 0 atom stereocenters. The van der Waals surface area contributed by atoms with Gasteiger partial charge in [0.15, 0.2) is 5.82 Å². The van der Waals surface area contributed by atoms with Gasteiger partial charge in [-0.05, 0) is 0 Å². The SMILES string of the molecule is Cn1cc(-c2nsnc2N)cn1. The number of nitrogen functional groups attached to an aromatic ring is 1. The number of rotatable bonds is 1. The fourth-order valence-electron chi connectivity index (χ4n) is 0.939. The topological polar surface area (TPSA) is 69.6 Å². The molecule has 12 heavy (non-hydrogen) atoms. The molecule has 0 saturated carbocycles. The summed E-state index contributed by atoms with van der Waals surface area (Å²) in [6.07, 6.45) is 3.57. The molecule has 2 aromatic heterocycles. The summed E-state index contributed by atoms with van der Waals surface area (Å²) in [5, 5.41) is 4.01. The first-order chi connectivity index (χ1) is 5.77. The number of hydrogen-bond donors (Lipinski definition) is 1. The molecule has 0 bridgehead atoms. The normalized spacial score (nSPS) is 10.4. The van der Waals surface area contributed by atoms with Gasteiger partial charge in [0.25, 0.3) is 0 Å². The van der Waals surface area contributed by atoms with Gasteiger partial charge in [-0.25, -0.2) is 0 Å². The third-order valence-electron chi connectivity index (χ3n) is 1.49. The first-order valence-corrected chi connectivity index (χ1v) is 4.07. The van der Waals surface area contributed by atoms with Crippen molar-refractivity contribution in [2.45, 2.75) is 0 Å². The lowest BCUT2D eigenvalue weighted by molar-refractivity contribution is 0.768. The average molecular weight is 181 g/mol. The lowest BCUT2D eigenvalue weighted by atomic mass is 10.3. The lowest BCUT2D eigenvalue weighted by Crippen LogP contribution is -1.87. The van der Waals surface area contributed by atoms with Crippen LogP contribution in [0.2, 0.25) is 0 Å². The van der Waals surface area contributed by atoms with Crippen LogP contribution in [0.5, 0.6) is 0 Å². The largest absolute Gasteiger partial charge is 0.381 e. The Morgan fingerprint density at radius 2 is 2.33 bits per heavy atom. The molecule has 0 fully saturated rings. The molecule has 0 aliphatic rings. The van der Waals surface area contributed by atoms with E-state index < -0.39 is 0 Å². The zero-order chi connectivity index (χ0) is 8.55. The maximum absolute atomic E-state index is 5.58. The number of aryl methyl sites for hydroxylation is 1. The minimum Gasteiger partial charge on any atom is -0.381 e. The fourth-order valence-corrected chi connectivity index (χ4v) is 1.44. The summed E-state index contributed by atoms with van der Waals surface area (Å²) in [4.78, 5) is 0. The molecule has 0 aromatic carbocycles. The molecule has 0 radical (unpaired) electrons. The van der Waals surface area contributed by atoms with Crippen LogP contribution in [-0.2, 0) is 7.05 Å². The zero-order valence-corrected chi connectivity index (χ0v) is 7.25. The van der Waals surface area contributed by atoms with Crippen molar-refractivity contribution in [2.24, 2.45) is 7.05 Å². The molecular formula is C6H7N5S. The Morgan fingerprint density at radius 3 is 2.83 bits per heavy atom. The van der Waals surface area contributed by atoms with Crippen molar-refractivity contribution < 1.29 is 0 Å². The van der Waals surface area contributed by atoms with E-state index in [4.69, 9.17) is 5.73 Å². The maximum Gasteiger partial charge on any atom is 0.165 e. The number of anilines is 1. The highest BCUT2D eigenvalue weighted by atomic mass is 32.1. The third kappa shape index (κ3) is 1.06. The van der Waals surface area contributed by atoms with Crippen LogP contribution in [0.15, 0.2) is 12.4 Å². The van der Waals surface area contributed by atoms with Gasteiger partial charge in [0, 0.05) is 18.8 Å². The quantitative estimate of drug-likeness (QED) is 0.696. The van der Waals surface area contributed by atoms with E-state index in [2.05, 4.69) is 13.8 Å². The van der Waals surface area contributed by atoms with E-state index in [1.807, 2.05) is 13.2 Å². The van der Waals surface area contributed by atoms with E-state index in [0.717, 1.165) is 17.3 Å². The monoisotopic (exact) mass is 181 g/mol. The van der Waals surface area contributed by atoms with Crippen LogP contribution in [0.1, 0.15) is 0 Å². The molecule has 62 valence electrons. The summed E-state index contributed by atoms with van der Waals surface area (Å²) < 4.78 is 9.63. The smallest absolute Gasteiger partial charge is 0.165 e. The second-order valence-corrected chi connectivity index (χ2v) is 2.93. The highest BCUT2D eigenvalue weighted by molar-refractivity contribution is 6.99. The van der Waals surface area contributed by atoms with Crippen molar-refractivity contribution in [3.8, 4) is 11.3 Å². The van der Waals surface area contributed by atoms with Gasteiger partial charge in [0.2, 0.25) is 0 Å². The molecular weight excluding hydrogens is 174 g/mol. The predicted molar refractivity (Wildman–Crippen MR) is 46.5 cm³/mol. The third-order valence-corrected chi connectivity index (χ3v) is 2.03. The highest BCUT2D eigenvalue weighted by Crippen LogP contribution is 2.21. The summed E-state index contributed by atoms with van der Waals surface area (Å²) in [6, 6.07) is 0. The molecule has 5 nitrogen and oxygen atoms in total. The van der Waals surface area contributed by atoms with Crippen molar-refractivity contribution in [1.29, 1.82) is 0 Å². The van der Waals surface area contributed by atoms with Crippen LogP contribution in [0, 0.1) is 0 Å². The van der Waals surface area contributed by atoms with Gasteiger partial charge in [0.1, 0.15) is 5.69 Å². The Hall–Kier alpha value is -1.43. The second-order valence-electron chi connectivity index (χ2n) is 2.40. The first-order valence-electron chi connectivity index (χ1n) is 3.34. The Bertz CT molecular complexity index is 390. The van der Waals surface area contributed by atoms with Crippen LogP contribution in [-0.4, -0.2) is 18.5 Å². The van der Waals surface area contributed by atoms with Gasteiger partial charge in [0.05, 0.1) is 17.9 Å². The van der Waals surface area contributed by atoms with Gasteiger partial charge in [-0.3, -0.25) is 4.68 Å². The van der Waals surface area contributed by atoms with Crippen molar-refractivity contribution in [2.75, 3.05) is 5.73 Å². The van der Waals surface area contributed by atoms with Gasteiger partial charge < -0.3 is 5.73 Å². The fraction of sp³-hybridized carbons (Fsp3) is 0.167. The van der Waals surface area contributed by atoms with Crippen molar-refractivity contribution in [3.63, 3.8) is 0 Å². The standard InChI is InChI=1S/C6H7N5S/c1-11-3-4(2-8-11)5-6(7)10-12-9-5/h2-3H,1H3,(H2,7,10). The molecule has 6 heteroatoms. The molecule has 0 aliphatic carbocycles. The second kappa shape index (κ2) is 2.56. The van der Waals surface area contributed by atoms with E-state index in [0.29, 0.717) is 11.5 Å². The Morgan fingerprint density at radius 1 is 1.50 bits per heavy atom. The molecule has 0 amide bonds. The number of nitrogens with zero attached hydrogens (tertiary/aromatic N) is 4. The predicted octanol–water partition coefficient (Wildman–Crippen LogP) is 0.521. The van der Waals surface area contributed by atoms with E-state index in [-0.39, 0.29) is 0 Å². The zero-order valence-electron chi connectivity index (χ0n) is 6.43. The minimum absolute atomic E-state index is 0.466. The van der Waals surface area contributed by atoms with E-state index in [9.17, 15) is 0 Å². The van der Waals surface area contributed by atoms with Gasteiger partial charge in [-0.2, -0.15) is 13.8 Å². The van der Waals surface area contributed by atoms with Crippen LogP contribution in [0.4, 0.5) is 5.82 Å². The minimum atomic E-state index is 0.466. The molecule has 2 heterocycles. The Kier molecular flexibility index (Phi) is 1.54. The highest BCUT2D eigenvalue weighted by Gasteiger charge is 2.07. The van der Waals surface area contributed by atoms with E-state index >= 15 is 0 Å². The van der Waals surface area contributed by atoms with Gasteiger partial charge >= 0.3 is 0 Å². The van der Waals surface area contributed by atoms with Crippen molar-refractivity contribution in [3.05, 3.63) is 12.4 Å². The molecule has 0 aliphatic heterocycles. The Labute approximate surface area is 73.2 Å². The average Bonchev–Trinajstić information content (AvgIpc) is 2.58. The van der Waals surface area contributed by atoms with E-state index in [1.54, 1.807) is 10.9 Å². The van der Waals surface area contributed by atoms with Gasteiger partial charge in [-0.15, -0.1) is 0 Å². The lowest BCUT2D eigenvalue weighted by Gasteiger charge is -1.88. The summed E-state index contributed by atoms with van der Waals surface area (Å²) in [6.45, 7) is 0. The molecule has 2 rings (SSSR count). The number of nitrogens with two attached hydrogens (primary N) is 1. The summed E-state index contributed by atoms with van der Waals surface area (Å²) in [7, 11) is 1.85. The van der Waals surface area contributed by atoms with Crippen LogP contribution >= 0.6 is 11.7 Å². The van der Waals surface area contributed by atoms with Gasteiger partial charge in [-0.1, -0.05) is 0 Å². The summed E-state index contributed by atoms with van der Waals surface area (Å²) in [5.41, 5.74) is 7.20. The summed E-state index contributed by atoms with van der Waals surface area (Å²) >= 11 is 1.11. The molecule has 0 unspecified atom stereocenters. The number of aromatic nitrogens is 4. The molecule has 2 aromatic rings. The van der Waals surface area contributed by atoms with Crippen molar-refractivity contribution >= 4 is 17.5 Å².